The second-order valence-electron chi connectivity index (χ2n) is 7.56. The van der Waals surface area contributed by atoms with Gasteiger partial charge in [0.2, 0.25) is 5.91 Å². The summed E-state index contributed by atoms with van der Waals surface area (Å²) in [7, 11) is 1.31. The Kier molecular flexibility index (Phi) is 5.89. The van der Waals surface area contributed by atoms with Crippen LogP contribution in [0.5, 0.6) is 5.75 Å². The van der Waals surface area contributed by atoms with Crippen molar-refractivity contribution in [3.05, 3.63) is 78.4 Å². The van der Waals surface area contributed by atoms with E-state index >= 15 is 0 Å². The number of methoxy groups -OCH3 is 1. The summed E-state index contributed by atoms with van der Waals surface area (Å²) < 4.78 is 4.75. The van der Waals surface area contributed by atoms with E-state index in [4.69, 9.17) is 4.74 Å². The number of amides is 2. The van der Waals surface area contributed by atoms with Crippen LogP contribution in [0.4, 0.5) is 11.4 Å². The smallest absolute Gasteiger partial charge is 0.311 e. The van der Waals surface area contributed by atoms with Crippen molar-refractivity contribution in [3.8, 4) is 16.9 Å². The first kappa shape index (κ1) is 21.1. The molecule has 0 aliphatic carbocycles. The summed E-state index contributed by atoms with van der Waals surface area (Å²) in [6, 6.07) is 20.9. The van der Waals surface area contributed by atoms with E-state index in [2.05, 4.69) is 5.32 Å². The van der Waals surface area contributed by atoms with Crippen molar-refractivity contribution >= 4 is 29.2 Å². The summed E-state index contributed by atoms with van der Waals surface area (Å²) in [5.74, 6) is -1.13. The number of nitrogens with zero attached hydrogens (tertiary/aromatic N) is 1. The summed E-state index contributed by atoms with van der Waals surface area (Å²) in [5.41, 5.74) is 3.51. The van der Waals surface area contributed by atoms with E-state index in [1.54, 1.807) is 60.7 Å². The summed E-state index contributed by atoms with van der Waals surface area (Å²) in [6.07, 6.45) is 0.108. The SMILES string of the molecule is COC(=O)C1CC(=O)N(c2cccc(NC(=O)c3ccc(-c4ccc(O)cc4)cc3)c2)C1. The lowest BCUT2D eigenvalue weighted by Crippen LogP contribution is -2.26. The molecule has 0 bridgehead atoms. The highest BCUT2D eigenvalue weighted by atomic mass is 16.5. The van der Waals surface area contributed by atoms with Crippen LogP contribution in [-0.2, 0) is 14.3 Å². The molecule has 3 aromatic rings. The minimum atomic E-state index is -0.488. The Morgan fingerprint density at radius 1 is 1.00 bits per heavy atom. The molecule has 1 atom stereocenters. The highest BCUT2D eigenvalue weighted by Gasteiger charge is 2.35. The molecule has 4 rings (SSSR count). The predicted molar refractivity (Wildman–Crippen MR) is 120 cm³/mol. The number of carbonyl (C=O) groups excluding carboxylic acids is 3. The number of phenols is 1. The number of carbonyl (C=O) groups is 3. The molecular formula is C25H22N2O5. The van der Waals surface area contributed by atoms with Crippen LogP contribution >= 0.6 is 0 Å². The topological polar surface area (TPSA) is 95.9 Å². The van der Waals surface area contributed by atoms with E-state index in [-0.39, 0.29) is 30.5 Å². The third kappa shape index (κ3) is 4.46. The van der Waals surface area contributed by atoms with Crippen LogP contribution in [0.3, 0.4) is 0 Å². The Hall–Kier alpha value is -4.13. The molecule has 1 aliphatic rings. The lowest BCUT2D eigenvalue weighted by Gasteiger charge is -2.17. The average Bonchev–Trinajstić information content (AvgIpc) is 3.21. The van der Waals surface area contributed by atoms with Crippen LogP contribution < -0.4 is 10.2 Å². The number of hydrogen-bond donors (Lipinski definition) is 2. The van der Waals surface area contributed by atoms with Gasteiger partial charge in [-0.05, 0) is 53.6 Å². The monoisotopic (exact) mass is 430 g/mol. The predicted octanol–water partition coefficient (Wildman–Crippen LogP) is 3.84. The number of anilines is 2. The van der Waals surface area contributed by atoms with Gasteiger partial charge in [-0.3, -0.25) is 14.4 Å². The van der Waals surface area contributed by atoms with Gasteiger partial charge in [0.05, 0.1) is 13.0 Å². The summed E-state index contributed by atoms with van der Waals surface area (Å²) in [5, 5.41) is 12.3. The summed E-state index contributed by atoms with van der Waals surface area (Å²) in [4.78, 5) is 38.3. The Balaban J connectivity index is 1.45. The zero-order valence-corrected chi connectivity index (χ0v) is 17.4. The third-order valence-electron chi connectivity index (χ3n) is 5.42. The van der Waals surface area contributed by atoms with Crippen molar-refractivity contribution in [2.24, 2.45) is 5.92 Å². The van der Waals surface area contributed by atoms with Crippen molar-refractivity contribution in [2.45, 2.75) is 6.42 Å². The first-order chi connectivity index (χ1) is 15.4. The fourth-order valence-corrected chi connectivity index (χ4v) is 3.70. The van der Waals surface area contributed by atoms with Crippen molar-refractivity contribution in [1.82, 2.24) is 0 Å². The van der Waals surface area contributed by atoms with Crippen LogP contribution in [0.2, 0.25) is 0 Å². The van der Waals surface area contributed by atoms with Gasteiger partial charge in [0.15, 0.2) is 0 Å². The molecule has 1 aliphatic heterocycles. The Labute approximate surface area is 185 Å². The molecule has 3 aromatic carbocycles. The van der Waals surface area contributed by atoms with E-state index in [1.807, 2.05) is 12.1 Å². The average molecular weight is 430 g/mol. The first-order valence-corrected chi connectivity index (χ1v) is 10.1. The molecule has 1 fully saturated rings. The van der Waals surface area contributed by atoms with Gasteiger partial charge in [0, 0.05) is 29.9 Å². The van der Waals surface area contributed by atoms with Crippen LogP contribution in [0.25, 0.3) is 11.1 Å². The summed E-state index contributed by atoms with van der Waals surface area (Å²) >= 11 is 0. The number of ether oxygens (including phenoxy) is 1. The van der Waals surface area contributed by atoms with Crippen LogP contribution in [0.15, 0.2) is 72.8 Å². The molecule has 162 valence electrons. The van der Waals surface area contributed by atoms with Crippen LogP contribution in [0.1, 0.15) is 16.8 Å². The fraction of sp³-hybridized carbons (Fsp3) is 0.160. The maximum atomic E-state index is 12.7. The number of benzene rings is 3. The second kappa shape index (κ2) is 8.93. The minimum absolute atomic E-state index is 0.108. The number of hydrogen-bond acceptors (Lipinski definition) is 5. The van der Waals surface area contributed by atoms with Crippen molar-refractivity contribution in [1.29, 1.82) is 0 Å². The molecule has 0 radical (unpaired) electrons. The van der Waals surface area contributed by atoms with Crippen molar-refractivity contribution in [2.75, 3.05) is 23.9 Å². The van der Waals surface area contributed by atoms with Gasteiger partial charge < -0.3 is 20.1 Å². The standard InChI is InChI=1S/C25H22N2O5/c1-32-25(31)19-13-23(29)27(15-19)21-4-2-3-20(14-21)26-24(30)18-7-5-16(6-8-18)17-9-11-22(28)12-10-17/h2-12,14,19,28H,13,15H2,1H3,(H,26,30). The number of esters is 1. The van der Waals surface area contributed by atoms with E-state index in [1.165, 1.54) is 12.0 Å². The van der Waals surface area contributed by atoms with E-state index in [0.29, 0.717) is 16.9 Å². The van der Waals surface area contributed by atoms with Gasteiger partial charge in [0.25, 0.3) is 5.91 Å². The lowest BCUT2D eigenvalue weighted by molar-refractivity contribution is -0.145. The quantitative estimate of drug-likeness (QED) is 0.600. The highest BCUT2D eigenvalue weighted by molar-refractivity contribution is 6.05. The van der Waals surface area contributed by atoms with Gasteiger partial charge in [-0.2, -0.15) is 0 Å². The molecule has 7 nitrogen and oxygen atoms in total. The minimum Gasteiger partial charge on any atom is -0.508 e. The normalized spacial score (nSPS) is 15.5. The molecule has 7 heteroatoms. The molecule has 0 spiro atoms. The second-order valence-corrected chi connectivity index (χ2v) is 7.56. The van der Waals surface area contributed by atoms with Gasteiger partial charge in [-0.1, -0.05) is 30.3 Å². The number of nitrogens with one attached hydrogen (secondary N) is 1. The lowest BCUT2D eigenvalue weighted by atomic mass is 10.0. The van der Waals surface area contributed by atoms with E-state index in [0.717, 1.165) is 11.1 Å². The fourth-order valence-electron chi connectivity index (χ4n) is 3.70. The zero-order chi connectivity index (χ0) is 22.7. The molecule has 2 N–H and O–H groups in total. The molecule has 1 heterocycles. The molecule has 0 aromatic heterocycles. The molecule has 32 heavy (non-hydrogen) atoms. The maximum Gasteiger partial charge on any atom is 0.311 e. The first-order valence-electron chi connectivity index (χ1n) is 10.1. The van der Waals surface area contributed by atoms with Crippen LogP contribution in [0, 0.1) is 5.92 Å². The zero-order valence-electron chi connectivity index (χ0n) is 17.4. The molecular weight excluding hydrogens is 408 g/mol. The van der Waals surface area contributed by atoms with Gasteiger partial charge in [-0.15, -0.1) is 0 Å². The van der Waals surface area contributed by atoms with Gasteiger partial charge >= 0.3 is 5.97 Å². The van der Waals surface area contributed by atoms with Crippen LogP contribution in [-0.4, -0.2) is 36.5 Å². The maximum absolute atomic E-state index is 12.7. The number of phenolic OH excluding ortho intramolecular Hbond substituents is 1. The Morgan fingerprint density at radius 2 is 1.66 bits per heavy atom. The largest absolute Gasteiger partial charge is 0.508 e. The molecule has 0 saturated carbocycles. The third-order valence-corrected chi connectivity index (χ3v) is 5.42. The van der Waals surface area contributed by atoms with E-state index in [9.17, 15) is 19.5 Å². The van der Waals surface area contributed by atoms with E-state index < -0.39 is 11.9 Å². The van der Waals surface area contributed by atoms with Crippen molar-refractivity contribution in [3.63, 3.8) is 0 Å². The van der Waals surface area contributed by atoms with Gasteiger partial charge in [-0.25, -0.2) is 0 Å². The number of aromatic hydroxyl groups is 1. The molecule has 2 amide bonds. The Morgan fingerprint density at radius 3 is 2.31 bits per heavy atom. The highest BCUT2D eigenvalue weighted by Crippen LogP contribution is 2.28. The molecule has 1 saturated heterocycles. The summed E-state index contributed by atoms with van der Waals surface area (Å²) in [6.45, 7) is 0.252. The van der Waals surface area contributed by atoms with Crippen molar-refractivity contribution < 1.29 is 24.2 Å². The molecule has 1 unspecified atom stereocenters. The van der Waals surface area contributed by atoms with Gasteiger partial charge in [0.1, 0.15) is 5.75 Å². The Bertz CT molecular complexity index is 1160. The number of rotatable bonds is 5.